The van der Waals surface area contributed by atoms with E-state index in [1.807, 2.05) is 30.3 Å². The number of aromatic nitrogens is 2. The zero-order valence-corrected chi connectivity index (χ0v) is 27.6. The quantitative estimate of drug-likeness (QED) is 0.283. The van der Waals surface area contributed by atoms with Crippen LogP contribution in [-0.2, 0) is 29.0 Å². The minimum absolute atomic E-state index is 0. The first-order chi connectivity index (χ1) is 23.2. The van der Waals surface area contributed by atoms with E-state index in [2.05, 4.69) is 63.7 Å². The first kappa shape index (κ1) is 33.3. The number of hydrogen-bond acceptors (Lipinski definition) is 10. The molecule has 1 aromatic heterocycles. The first-order valence-electron chi connectivity index (χ1n) is 16.3. The molecule has 1 unspecified atom stereocenters. The molecule has 7 rings (SSSR count). The fraction of sp³-hybridized carbons (Fsp3) is 0.389. The van der Waals surface area contributed by atoms with Gasteiger partial charge in [0.15, 0.2) is 0 Å². The maximum absolute atomic E-state index is 13.2. The summed E-state index contributed by atoms with van der Waals surface area (Å²) in [6, 6.07) is 26.8. The minimum Gasteiger partial charge on any atom is -0.462 e. The lowest BCUT2D eigenvalue weighted by atomic mass is 10.0. The van der Waals surface area contributed by atoms with Gasteiger partial charge in [-0.05, 0) is 23.4 Å². The number of hydrogen-bond donors (Lipinski definition) is 1. The Morgan fingerprint density at radius 1 is 1.00 bits per heavy atom. The Morgan fingerprint density at radius 3 is 2.67 bits per heavy atom. The summed E-state index contributed by atoms with van der Waals surface area (Å²) in [6.07, 6.45) is 0.542. The van der Waals surface area contributed by atoms with Crippen molar-refractivity contribution in [3.8, 4) is 12.1 Å². The van der Waals surface area contributed by atoms with Crippen LogP contribution in [0, 0.1) is 11.3 Å². The number of carbonyl (C=O) groups is 1. The van der Waals surface area contributed by atoms with Gasteiger partial charge in [0.05, 0.1) is 50.0 Å². The van der Waals surface area contributed by atoms with Crippen LogP contribution in [0.1, 0.15) is 23.2 Å². The van der Waals surface area contributed by atoms with Crippen LogP contribution < -0.4 is 19.9 Å². The van der Waals surface area contributed by atoms with Gasteiger partial charge in [-0.3, -0.25) is 0 Å². The molecule has 0 spiro atoms. The number of nitriles is 1. The van der Waals surface area contributed by atoms with E-state index in [1.165, 1.54) is 16.5 Å². The molecule has 0 aliphatic carbocycles. The van der Waals surface area contributed by atoms with Crippen molar-refractivity contribution in [1.82, 2.24) is 20.2 Å². The lowest BCUT2D eigenvalue weighted by molar-refractivity contribution is 0.0576. The zero-order valence-electron chi connectivity index (χ0n) is 26.8. The Morgan fingerprint density at radius 2 is 1.83 bits per heavy atom. The van der Waals surface area contributed by atoms with Crippen LogP contribution in [0.3, 0.4) is 0 Å². The number of rotatable bonds is 8. The van der Waals surface area contributed by atoms with Crippen LogP contribution >= 0.6 is 12.4 Å². The normalized spacial score (nSPS) is 19.2. The largest absolute Gasteiger partial charge is 0.462 e. The summed E-state index contributed by atoms with van der Waals surface area (Å²) in [5.74, 6) is 0.815. The Bertz CT molecular complexity index is 1740. The van der Waals surface area contributed by atoms with Gasteiger partial charge in [0.1, 0.15) is 19.0 Å². The molecule has 3 aliphatic heterocycles. The highest BCUT2D eigenvalue weighted by molar-refractivity contribution is 5.94. The predicted molar refractivity (Wildman–Crippen MR) is 186 cm³/mol. The van der Waals surface area contributed by atoms with Crippen molar-refractivity contribution in [2.24, 2.45) is 0 Å². The highest BCUT2D eigenvalue weighted by atomic mass is 35.5. The third-order valence-electron chi connectivity index (χ3n) is 9.09. The number of fused-ring (bicyclic) bond motifs is 2. The van der Waals surface area contributed by atoms with Gasteiger partial charge >= 0.3 is 12.1 Å². The predicted octanol–water partition coefficient (Wildman–Crippen LogP) is 4.72. The van der Waals surface area contributed by atoms with Gasteiger partial charge in [-0.15, -0.1) is 12.4 Å². The average Bonchev–Trinajstić information content (AvgIpc) is 3.13. The lowest BCUT2D eigenvalue weighted by Gasteiger charge is -2.42. The fourth-order valence-corrected chi connectivity index (χ4v) is 6.68. The standard InChI is InChI=1S/C36H39N7O4.ClH/c37-15-13-29-21-42(18-19-43(29)36(44)47-23-26-7-2-1-3-8-26)34-31-14-17-41(33-12-6-10-27-9-4-5-11-30(27)33)22-32(31)39-35(40-34)46-25-28-24-45-20-16-38-28;/h1-12,28-29,38H,13-14,16-25H2;1H/t28-,29?;/m0./s1. The number of piperazine rings is 1. The van der Waals surface area contributed by atoms with Crippen LogP contribution in [0.15, 0.2) is 72.8 Å². The molecule has 2 fully saturated rings. The topological polar surface area (TPSA) is 116 Å². The molecule has 12 heteroatoms. The van der Waals surface area contributed by atoms with E-state index in [0.717, 1.165) is 42.1 Å². The molecule has 250 valence electrons. The molecule has 3 aromatic carbocycles. The maximum Gasteiger partial charge on any atom is 0.410 e. The van der Waals surface area contributed by atoms with Gasteiger partial charge in [0.25, 0.3) is 0 Å². The molecule has 0 radical (unpaired) electrons. The van der Waals surface area contributed by atoms with Gasteiger partial charge in [-0.2, -0.15) is 15.2 Å². The van der Waals surface area contributed by atoms with E-state index in [0.29, 0.717) is 52.0 Å². The Hall–Kier alpha value is -4.63. The third-order valence-corrected chi connectivity index (χ3v) is 9.09. The first-order valence-corrected chi connectivity index (χ1v) is 16.3. The van der Waals surface area contributed by atoms with Crippen LogP contribution in [-0.4, -0.2) is 85.6 Å². The molecule has 1 amide bonds. The molecule has 11 nitrogen and oxygen atoms in total. The van der Waals surface area contributed by atoms with Gasteiger partial charge in [-0.1, -0.05) is 66.7 Å². The Kier molecular flexibility index (Phi) is 10.8. The molecule has 0 bridgehead atoms. The number of halogens is 1. The molecule has 2 atom stereocenters. The number of nitrogens with one attached hydrogen (secondary N) is 1. The molecule has 4 aromatic rings. The summed E-state index contributed by atoms with van der Waals surface area (Å²) < 4.78 is 17.5. The molecular formula is C36H40ClN7O4. The lowest BCUT2D eigenvalue weighted by Crippen LogP contribution is -2.55. The van der Waals surface area contributed by atoms with Crippen molar-refractivity contribution in [3.63, 3.8) is 0 Å². The van der Waals surface area contributed by atoms with Gasteiger partial charge in [-0.25, -0.2) is 4.79 Å². The van der Waals surface area contributed by atoms with E-state index in [1.54, 1.807) is 4.90 Å². The summed E-state index contributed by atoms with van der Waals surface area (Å²) in [5.41, 5.74) is 4.11. The van der Waals surface area contributed by atoms with Gasteiger partial charge in [0.2, 0.25) is 0 Å². The Balaban J connectivity index is 0.00000401. The van der Waals surface area contributed by atoms with Crippen molar-refractivity contribution >= 4 is 40.8 Å². The van der Waals surface area contributed by atoms with Crippen molar-refractivity contribution in [1.29, 1.82) is 5.26 Å². The molecule has 2 saturated heterocycles. The SMILES string of the molecule is Cl.N#CCC1CN(c2nc(OC[C@@H]3COCCN3)nc3c2CCN(c2cccc4ccccc24)C3)CCN1C(=O)OCc1ccccc1. The molecular weight excluding hydrogens is 630 g/mol. The number of ether oxygens (including phenoxy) is 3. The summed E-state index contributed by atoms with van der Waals surface area (Å²) in [7, 11) is 0. The van der Waals surface area contributed by atoms with Gasteiger partial charge < -0.3 is 34.2 Å². The second-order valence-corrected chi connectivity index (χ2v) is 12.2. The van der Waals surface area contributed by atoms with Crippen LogP contribution in [0.4, 0.5) is 16.3 Å². The summed E-state index contributed by atoms with van der Waals surface area (Å²) in [6.45, 7) is 5.49. The van der Waals surface area contributed by atoms with Crippen LogP contribution in [0.5, 0.6) is 6.01 Å². The Labute approximate surface area is 286 Å². The fourth-order valence-electron chi connectivity index (χ4n) is 6.68. The minimum atomic E-state index is -0.407. The van der Waals surface area contributed by atoms with Crippen molar-refractivity contribution in [3.05, 3.63) is 89.6 Å². The zero-order chi connectivity index (χ0) is 32.0. The van der Waals surface area contributed by atoms with E-state index < -0.39 is 6.09 Å². The van der Waals surface area contributed by atoms with E-state index in [4.69, 9.17) is 24.2 Å². The van der Waals surface area contributed by atoms with E-state index in [-0.39, 0.29) is 37.5 Å². The number of morpholine rings is 1. The number of carbonyl (C=O) groups excluding carboxylic acids is 1. The average molecular weight is 670 g/mol. The maximum atomic E-state index is 13.2. The van der Waals surface area contributed by atoms with Crippen molar-refractivity contribution in [2.45, 2.75) is 38.1 Å². The van der Waals surface area contributed by atoms with Crippen LogP contribution in [0.25, 0.3) is 10.8 Å². The van der Waals surface area contributed by atoms with E-state index >= 15 is 0 Å². The second kappa shape index (κ2) is 15.5. The monoisotopic (exact) mass is 669 g/mol. The number of nitrogens with zero attached hydrogens (tertiary/aromatic N) is 6. The highest BCUT2D eigenvalue weighted by Crippen LogP contribution is 2.35. The summed E-state index contributed by atoms with van der Waals surface area (Å²) >= 11 is 0. The summed E-state index contributed by atoms with van der Waals surface area (Å²) in [5, 5.41) is 15.6. The highest BCUT2D eigenvalue weighted by Gasteiger charge is 2.35. The molecule has 0 saturated carbocycles. The number of amides is 1. The number of benzene rings is 3. The van der Waals surface area contributed by atoms with Crippen molar-refractivity contribution < 1.29 is 19.0 Å². The van der Waals surface area contributed by atoms with E-state index in [9.17, 15) is 10.1 Å². The second-order valence-electron chi connectivity index (χ2n) is 12.2. The smallest absolute Gasteiger partial charge is 0.410 e. The molecule has 4 heterocycles. The van der Waals surface area contributed by atoms with Crippen molar-refractivity contribution in [2.75, 3.05) is 62.3 Å². The third kappa shape index (κ3) is 7.41. The molecule has 1 N–H and O–H groups in total. The van der Waals surface area contributed by atoms with Crippen LogP contribution in [0.2, 0.25) is 0 Å². The number of anilines is 2. The van der Waals surface area contributed by atoms with Gasteiger partial charge in [0, 0.05) is 49.4 Å². The molecule has 48 heavy (non-hydrogen) atoms. The molecule has 3 aliphatic rings. The summed E-state index contributed by atoms with van der Waals surface area (Å²) in [4.78, 5) is 29.4.